The van der Waals surface area contributed by atoms with Crippen molar-refractivity contribution in [3.8, 4) is 11.1 Å². The number of halogens is 1. The number of rotatable bonds is 3. The SMILES string of the molecule is Cc1nc2sc(C(=O)NC3C4CC3C4)c(-c3cnn(C)c3)c2c(C)c1Cl. The van der Waals surface area contributed by atoms with Gasteiger partial charge in [-0.15, -0.1) is 11.3 Å². The van der Waals surface area contributed by atoms with Crippen molar-refractivity contribution < 1.29 is 4.79 Å². The molecule has 0 unspecified atom stereocenters. The van der Waals surface area contributed by atoms with Crippen LogP contribution in [0.1, 0.15) is 33.8 Å². The Labute approximate surface area is 160 Å². The molecule has 134 valence electrons. The zero-order chi connectivity index (χ0) is 18.2. The molecular formula is C19H19ClN4OS. The summed E-state index contributed by atoms with van der Waals surface area (Å²) in [7, 11) is 1.88. The summed E-state index contributed by atoms with van der Waals surface area (Å²) in [6.07, 6.45) is 6.27. The molecule has 2 bridgehead atoms. The normalized spacial score (nSPS) is 23.6. The second kappa shape index (κ2) is 5.54. The fraction of sp³-hybridized carbons (Fsp3) is 0.421. The van der Waals surface area contributed by atoms with E-state index in [2.05, 4.69) is 15.4 Å². The molecular weight excluding hydrogens is 368 g/mol. The molecule has 3 aliphatic carbocycles. The molecule has 3 saturated carbocycles. The van der Waals surface area contributed by atoms with Crippen LogP contribution in [0.2, 0.25) is 5.02 Å². The lowest BCUT2D eigenvalue weighted by Crippen LogP contribution is -2.63. The first-order chi connectivity index (χ1) is 12.4. The van der Waals surface area contributed by atoms with Gasteiger partial charge in [-0.2, -0.15) is 5.10 Å². The van der Waals surface area contributed by atoms with Gasteiger partial charge in [-0.3, -0.25) is 9.48 Å². The van der Waals surface area contributed by atoms with Crippen molar-refractivity contribution in [2.45, 2.75) is 32.7 Å². The Kier molecular flexibility index (Phi) is 3.46. The minimum atomic E-state index is -0.000529. The molecule has 0 radical (unpaired) electrons. The number of nitrogens with one attached hydrogen (secondary N) is 1. The zero-order valence-electron chi connectivity index (χ0n) is 14.8. The third-order valence-electron chi connectivity index (χ3n) is 5.91. The predicted octanol–water partition coefficient (Wildman–Crippen LogP) is 4.11. The van der Waals surface area contributed by atoms with Gasteiger partial charge in [-0.1, -0.05) is 11.6 Å². The maximum Gasteiger partial charge on any atom is 0.262 e. The monoisotopic (exact) mass is 386 g/mol. The first-order valence-electron chi connectivity index (χ1n) is 8.83. The molecule has 3 aromatic rings. The summed E-state index contributed by atoms with van der Waals surface area (Å²) in [5, 5.41) is 9.16. The molecule has 3 aromatic heterocycles. The molecule has 1 amide bonds. The predicted molar refractivity (Wildman–Crippen MR) is 104 cm³/mol. The molecule has 3 heterocycles. The van der Waals surface area contributed by atoms with Gasteiger partial charge in [0.15, 0.2) is 0 Å². The van der Waals surface area contributed by atoms with Gasteiger partial charge in [0.25, 0.3) is 5.91 Å². The molecule has 0 spiro atoms. The van der Waals surface area contributed by atoms with Gasteiger partial charge in [0.1, 0.15) is 9.71 Å². The molecule has 0 atom stereocenters. The maximum atomic E-state index is 13.1. The lowest BCUT2D eigenvalue weighted by molar-refractivity contribution is -0.0365. The van der Waals surface area contributed by atoms with Crippen LogP contribution < -0.4 is 5.32 Å². The van der Waals surface area contributed by atoms with Crippen LogP contribution >= 0.6 is 22.9 Å². The quantitative estimate of drug-likeness (QED) is 0.737. The number of carbonyl (C=O) groups excluding carboxylic acids is 1. The highest BCUT2D eigenvalue weighted by molar-refractivity contribution is 7.21. The highest BCUT2D eigenvalue weighted by atomic mass is 35.5. The largest absolute Gasteiger partial charge is 0.348 e. The first-order valence-corrected chi connectivity index (χ1v) is 10.0. The molecule has 0 saturated heterocycles. The summed E-state index contributed by atoms with van der Waals surface area (Å²) >= 11 is 7.92. The number of aromatic nitrogens is 3. The smallest absolute Gasteiger partial charge is 0.262 e. The van der Waals surface area contributed by atoms with Crippen molar-refractivity contribution >= 4 is 39.1 Å². The van der Waals surface area contributed by atoms with Crippen LogP contribution in [-0.2, 0) is 7.05 Å². The summed E-state index contributed by atoms with van der Waals surface area (Å²) in [5.74, 6) is 1.35. The summed E-state index contributed by atoms with van der Waals surface area (Å²) in [5.41, 5.74) is 3.58. The van der Waals surface area contributed by atoms with Crippen LogP contribution in [0.15, 0.2) is 12.4 Å². The maximum absolute atomic E-state index is 13.1. The summed E-state index contributed by atoms with van der Waals surface area (Å²) in [4.78, 5) is 19.3. The van der Waals surface area contributed by atoms with Crippen molar-refractivity contribution in [2.24, 2.45) is 18.9 Å². The molecule has 3 aliphatic rings. The second-order valence-corrected chi connectivity index (χ2v) is 8.89. The van der Waals surface area contributed by atoms with Crippen LogP contribution in [0.3, 0.4) is 0 Å². The number of aryl methyl sites for hydroxylation is 3. The Balaban J connectivity index is 1.68. The van der Waals surface area contributed by atoms with Gasteiger partial charge in [0, 0.05) is 35.8 Å². The van der Waals surface area contributed by atoms with Crippen molar-refractivity contribution in [3.63, 3.8) is 0 Å². The van der Waals surface area contributed by atoms with Crippen molar-refractivity contribution in [2.75, 3.05) is 0 Å². The fourth-order valence-corrected chi connectivity index (χ4v) is 5.50. The van der Waals surface area contributed by atoms with Gasteiger partial charge in [0.05, 0.1) is 16.9 Å². The number of carbonyl (C=O) groups is 1. The molecule has 1 N–H and O–H groups in total. The average molecular weight is 387 g/mol. The Hall–Kier alpha value is -1.92. The highest BCUT2D eigenvalue weighted by Crippen LogP contribution is 2.53. The Morgan fingerprint density at radius 1 is 1.35 bits per heavy atom. The van der Waals surface area contributed by atoms with Crippen molar-refractivity contribution in [1.29, 1.82) is 0 Å². The Bertz CT molecular complexity index is 1060. The van der Waals surface area contributed by atoms with E-state index in [0.717, 1.165) is 32.6 Å². The fourth-order valence-electron chi connectivity index (χ4n) is 4.15. The number of fused-ring (bicyclic) bond motifs is 1. The van der Waals surface area contributed by atoms with Crippen LogP contribution in [-0.4, -0.2) is 26.7 Å². The number of pyridine rings is 1. The lowest BCUT2D eigenvalue weighted by Gasteiger charge is -2.58. The van der Waals surface area contributed by atoms with Gasteiger partial charge in [-0.05, 0) is 44.1 Å². The van der Waals surface area contributed by atoms with Crippen LogP contribution in [0.4, 0.5) is 0 Å². The van der Waals surface area contributed by atoms with E-state index in [4.69, 9.17) is 11.6 Å². The van der Waals surface area contributed by atoms with Crippen molar-refractivity contribution in [1.82, 2.24) is 20.1 Å². The van der Waals surface area contributed by atoms with E-state index in [-0.39, 0.29) is 5.91 Å². The molecule has 6 rings (SSSR count). The first kappa shape index (κ1) is 16.3. The minimum Gasteiger partial charge on any atom is -0.348 e. The molecule has 26 heavy (non-hydrogen) atoms. The van der Waals surface area contributed by atoms with E-state index in [1.54, 1.807) is 10.9 Å². The van der Waals surface area contributed by atoms with E-state index in [1.807, 2.05) is 27.1 Å². The number of amides is 1. The highest BCUT2D eigenvalue weighted by Gasteiger charge is 2.53. The standard InChI is InChI=1S/C19H19ClN4OS/c1-8-13-14(12-6-21-24(3)7-12)17(26-19(13)22-9(2)15(8)20)18(25)23-16-10-4-11(16)5-10/h6-7,10-11,16H,4-5H2,1-3H3,(H,23,25). The second-order valence-electron chi connectivity index (χ2n) is 7.52. The molecule has 5 nitrogen and oxygen atoms in total. The molecule has 0 aliphatic heterocycles. The van der Waals surface area contributed by atoms with E-state index in [9.17, 15) is 4.79 Å². The van der Waals surface area contributed by atoms with E-state index >= 15 is 0 Å². The third-order valence-corrected chi connectivity index (χ3v) is 7.54. The van der Waals surface area contributed by atoms with Gasteiger partial charge in [-0.25, -0.2) is 4.98 Å². The molecule has 0 aromatic carbocycles. The number of hydrogen-bond donors (Lipinski definition) is 1. The lowest BCUT2D eigenvalue weighted by atomic mass is 9.52. The molecule has 7 heteroatoms. The summed E-state index contributed by atoms with van der Waals surface area (Å²) in [6.45, 7) is 3.90. The van der Waals surface area contributed by atoms with Crippen LogP contribution in [0, 0.1) is 25.7 Å². The van der Waals surface area contributed by atoms with E-state index < -0.39 is 0 Å². The number of hydrogen-bond acceptors (Lipinski definition) is 4. The Morgan fingerprint density at radius 2 is 2.08 bits per heavy atom. The van der Waals surface area contributed by atoms with Gasteiger partial charge in [0.2, 0.25) is 0 Å². The summed E-state index contributed by atoms with van der Waals surface area (Å²) < 4.78 is 1.75. The average Bonchev–Trinajstić information content (AvgIpc) is 3.11. The van der Waals surface area contributed by atoms with Crippen molar-refractivity contribution in [3.05, 3.63) is 33.6 Å². The Morgan fingerprint density at radius 3 is 2.65 bits per heavy atom. The molecule has 3 fully saturated rings. The van der Waals surface area contributed by atoms with E-state index in [0.29, 0.717) is 27.8 Å². The number of nitrogens with zero attached hydrogens (tertiary/aromatic N) is 3. The zero-order valence-corrected chi connectivity index (χ0v) is 16.4. The van der Waals surface area contributed by atoms with Crippen LogP contribution in [0.5, 0.6) is 0 Å². The summed E-state index contributed by atoms with van der Waals surface area (Å²) in [6, 6.07) is 0.355. The minimum absolute atomic E-state index is 0.000529. The van der Waals surface area contributed by atoms with Gasteiger partial charge < -0.3 is 5.32 Å². The van der Waals surface area contributed by atoms with Gasteiger partial charge >= 0.3 is 0 Å². The topological polar surface area (TPSA) is 59.8 Å². The third kappa shape index (κ3) is 2.18. The number of thiophene rings is 1. The van der Waals surface area contributed by atoms with E-state index in [1.165, 1.54) is 24.2 Å². The van der Waals surface area contributed by atoms with Crippen LogP contribution in [0.25, 0.3) is 21.3 Å².